The fraction of sp³-hybridized carbons (Fsp3) is 0.440. The highest BCUT2D eigenvalue weighted by Crippen LogP contribution is 2.40. The molecule has 4 aliphatic rings. The van der Waals surface area contributed by atoms with Crippen LogP contribution in [0.4, 0.5) is 0 Å². The second kappa shape index (κ2) is 9.38. The predicted molar refractivity (Wildman–Crippen MR) is 141 cm³/mol. The number of hydrogen-bond acceptors (Lipinski definition) is 11. The number of benzene rings is 1. The summed E-state index contributed by atoms with van der Waals surface area (Å²) in [6.07, 6.45) is 2.78. The topological polar surface area (TPSA) is 216 Å². The highest BCUT2D eigenvalue weighted by atomic mass is 16.3. The van der Waals surface area contributed by atoms with Crippen LogP contribution in [0, 0.1) is 0 Å². The summed E-state index contributed by atoms with van der Waals surface area (Å²) in [7, 11) is 0. The first-order valence-corrected chi connectivity index (χ1v) is 12.9. The largest absolute Gasteiger partial charge is 0.386 e. The van der Waals surface area contributed by atoms with Crippen molar-refractivity contribution in [3.8, 4) is 0 Å². The van der Waals surface area contributed by atoms with Crippen molar-refractivity contribution in [2.24, 2.45) is 21.5 Å². The van der Waals surface area contributed by atoms with Gasteiger partial charge in [0.2, 0.25) is 0 Å². The molecular weight excluding hydrogens is 504 g/mol. The molecule has 3 aliphatic heterocycles. The van der Waals surface area contributed by atoms with E-state index in [4.69, 9.17) is 11.5 Å². The van der Waals surface area contributed by atoms with Gasteiger partial charge in [-0.1, -0.05) is 12.1 Å². The Morgan fingerprint density at radius 1 is 1.13 bits per heavy atom. The van der Waals surface area contributed by atoms with Crippen molar-refractivity contribution in [1.29, 1.82) is 0 Å². The number of nitrogens with zero attached hydrogens (tertiary/aromatic N) is 4. The third-order valence-corrected chi connectivity index (χ3v) is 8.00. The number of aromatic nitrogens is 2. The van der Waals surface area contributed by atoms with Gasteiger partial charge in [0.15, 0.2) is 17.6 Å². The number of H-pyrrole nitrogens is 1. The fourth-order valence-corrected chi connectivity index (χ4v) is 6.20. The van der Waals surface area contributed by atoms with Gasteiger partial charge in [0, 0.05) is 24.7 Å². The molecule has 9 N–H and O–H groups in total. The number of aromatic amines is 1. The van der Waals surface area contributed by atoms with Gasteiger partial charge in [-0.3, -0.25) is 14.4 Å². The van der Waals surface area contributed by atoms with Gasteiger partial charge in [0.05, 0.1) is 12.1 Å². The normalized spacial score (nSPS) is 28.8. The van der Waals surface area contributed by atoms with Gasteiger partial charge in [0.25, 0.3) is 17.4 Å². The van der Waals surface area contributed by atoms with Gasteiger partial charge in [0.1, 0.15) is 17.8 Å². The highest BCUT2D eigenvalue weighted by Gasteiger charge is 2.65. The smallest absolute Gasteiger partial charge is 0.271 e. The number of hydrogen-bond donors (Lipinski definition) is 7. The second-order valence-corrected chi connectivity index (χ2v) is 10.3. The molecule has 1 aliphatic carbocycles. The van der Waals surface area contributed by atoms with Gasteiger partial charge in [-0.05, 0) is 48.9 Å². The standard InChI is InChI=1S/C25H30N10O4/c26-23-31-19-16(10-28-22(39)15-8-9-18(36)34-33-15)30-24(27)35-11-17(20(37)25(19,35)32-23)29-21(38)14-7-3-5-12-4-1-2-6-13(12)14/h3,5,7-9,16-17,19-20,37H,1-2,4,6,10-11H2,(H2,27,30)(H,28,39)(H,29,38)(H,34,36)(H3,26,31,32)/t16-,17?,19-,20+,25-/m0/s1. The third-order valence-electron chi connectivity index (χ3n) is 8.00. The highest BCUT2D eigenvalue weighted by molar-refractivity contribution is 5.97. The average molecular weight is 535 g/mol. The zero-order chi connectivity index (χ0) is 27.3. The summed E-state index contributed by atoms with van der Waals surface area (Å²) in [6, 6.07) is 6.19. The first-order chi connectivity index (χ1) is 18.8. The van der Waals surface area contributed by atoms with Crippen LogP contribution in [0.5, 0.6) is 0 Å². The predicted octanol–water partition coefficient (Wildman–Crippen LogP) is -2.47. The Kier molecular flexibility index (Phi) is 5.98. The first-order valence-electron chi connectivity index (χ1n) is 12.9. The molecule has 2 aromatic rings. The van der Waals surface area contributed by atoms with E-state index < -0.39 is 41.4 Å². The molecule has 1 spiro atoms. The van der Waals surface area contributed by atoms with Gasteiger partial charge in [-0.15, -0.1) is 0 Å². The van der Waals surface area contributed by atoms with Crippen LogP contribution in [0.3, 0.4) is 0 Å². The lowest BCUT2D eigenvalue weighted by molar-refractivity contribution is 0.0144. The van der Waals surface area contributed by atoms with E-state index in [-0.39, 0.29) is 36.6 Å². The van der Waals surface area contributed by atoms with Crippen molar-refractivity contribution in [3.05, 3.63) is 63.1 Å². The molecule has 14 heteroatoms. The van der Waals surface area contributed by atoms with Gasteiger partial charge in [-0.2, -0.15) is 5.10 Å². The summed E-state index contributed by atoms with van der Waals surface area (Å²) in [5.74, 6) is -0.567. The molecule has 14 nitrogen and oxygen atoms in total. The number of carbonyl (C=O) groups excluding carboxylic acids is 2. The Morgan fingerprint density at radius 3 is 2.74 bits per heavy atom. The maximum absolute atomic E-state index is 13.4. The van der Waals surface area contributed by atoms with Gasteiger partial charge < -0.3 is 37.4 Å². The molecule has 1 aromatic carbocycles. The molecule has 5 atom stereocenters. The molecule has 6 rings (SSSR count). The zero-order valence-electron chi connectivity index (χ0n) is 21.1. The summed E-state index contributed by atoms with van der Waals surface area (Å²) >= 11 is 0. The molecule has 2 amide bonds. The molecule has 1 aromatic heterocycles. The molecular formula is C25H30N10O4. The Balaban J connectivity index is 1.22. The number of fused-ring (bicyclic) bond motifs is 1. The molecule has 39 heavy (non-hydrogen) atoms. The monoisotopic (exact) mass is 534 g/mol. The van der Waals surface area contributed by atoms with E-state index in [1.165, 1.54) is 17.7 Å². The van der Waals surface area contributed by atoms with E-state index in [0.717, 1.165) is 31.2 Å². The Bertz CT molecular complexity index is 1430. The zero-order valence-corrected chi connectivity index (χ0v) is 21.1. The lowest BCUT2D eigenvalue weighted by Crippen LogP contribution is -2.73. The van der Waals surface area contributed by atoms with Crippen LogP contribution in [0.25, 0.3) is 0 Å². The first kappa shape index (κ1) is 24.9. The SMILES string of the molecule is NC1=N[C@H]2[C@H](CNC(=O)c3ccc(=O)[nH]n3)N=C(N)N3CC(NC(=O)c4cccc5c4CCCC5)[C@@H](O)[C@]23N1. The maximum atomic E-state index is 13.4. The van der Waals surface area contributed by atoms with Crippen LogP contribution in [0.15, 0.2) is 45.1 Å². The van der Waals surface area contributed by atoms with E-state index in [9.17, 15) is 19.5 Å². The van der Waals surface area contributed by atoms with E-state index in [0.29, 0.717) is 5.56 Å². The molecule has 1 fully saturated rings. The van der Waals surface area contributed by atoms with Gasteiger partial charge in [-0.25, -0.2) is 15.1 Å². The summed E-state index contributed by atoms with van der Waals surface area (Å²) in [5.41, 5.74) is 13.6. The minimum absolute atomic E-state index is 0.0129. The van der Waals surface area contributed by atoms with Crippen molar-refractivity contribution >= 4 is 23.7 Å². The van der Waals surface area contributed by atoms with Gasteiger partial charge >= 0.3 is 0 Å². The Morgan fingerprint density at radius 2 is 1.95 bits per heavy atom. The van der Waals surface area contributed by atoms with Crippen LogP contribution in [0.2, 0.25) is 0 Å². The Hall–Kier alpha value is -4.46. The van der Waals surface area contributed by atoms with E-state index >= 15 is 0 Å². The maximum Gasteiger partial charge on any atom is 0.271 e. The van der Waals surface area contributed by atoms with E-state index in [1.54, 1.807) is 4.90 Å². The summed E-state index contributed by atoms with van der Waals surface area (Å²) < 4.78 is 0. The van der Waals surface area contributed by atoms with E-state index in [1.807, 2.05) is 12.1 Å². The van der Waals surface area contributed by atoms with Crippen LogP contribution in [0.1, 0.15) is 44.8 Å². The molecule has 204 valence electrons. The molecule has 1 unspecified atom stereocenters. The number of nitrogens with one attached hydrogen (secondary N) is 4. The number of carbonyl (C=O) groups is 2. The number of aliphatic hydroxyl groups is 1. The molecule has 0 bridgehead atoms. The van der Waals surface area contributed by atoms with Crippen LogP contribution < -0.4 is 33.0 Å². The molecule has 1 saturated heterocycles. The molecule has 0 radical (unpaired) electrons. The average Bonchev–Trinajstić information content (AvgIpc) is 3.43. The van der Waals surface area contributed by atoms with E-state index in [2.05, 4.69) is 42.2 Å². The molecule has 4 heterocycles. The van der Waals surface area contributed by atoms with Crippen LogP contribution in [-0.2, 0) is 12.8 Å². The fourth-order valence-electron chi connectivity index (χ4n) is 6.20. The van der Waals surface area contributed by atoms with Crippen LogP contribution in [-0.4, -0.2) is 86.9 Å². The van der Waals surface area contributed by atoms with Crippen molar-refractivity contribution in [1.82, 2.24) is 31.0 Å². The van der Waals surface area contributed by atoms with Crippen molar-refractivity contribution < 1.29 is 14.7 Å². The summed E-state index contributed by atoms with van der Waals surface area (Å²) in [6.45, 7) is 0.197. The number of nitrogens with two attached hydrogens (primary N) is 2. The minimum atomic E-state index is -1.25. The second-order valence-electron chi connectivity index (χ2n) is 10.3. The number of rotatable bonds is 5. The van der Waals surface area contributed by atoms with Crippen molar-refractivity contribution in [2.45, 2.75) is 55.6 Å². The minimum Gasteiger partial charge on any atom is -0.386 e. The number of aliphatic imine (C=N–C) groups is 2. The van der Waals surface area contributed by atoms with Crippen molar-refractivity contribution in [3.63, 3.8) is 0 Å². The number of guanidine groups is 2. The number of aliphatic hydroxyl groups excluding tert-OH is 1. The summed E-state index contributed by atoms with van der Waals surface area (Å²) in [4.78, 5) is 47.9. The third kappa shape index (κ3) is 4.07. The van der Waals surface area contributed by atoms with Crippen LogP contribution >= 0.6 is 0 Å². The lowest BCUT2D eigenvalue weighted by Gasteiger charge is -2.46. The van der Waals surface area contributed by atoms with Crippen molar-refractivity contribution in [2.75, 3.05) is 13.1 Å². The molecule has 0 saturated carbocycles. The quantitative estimate of drug-likeness (QED) is 0.216. The Labute approximate surface area is 223 Å². The lowest BCUT2D eigenvalue weighted by atomic mass is 9.87. The number of amides is 2. The summed E-state index contributed by atoms with van der Waals surface area (Å²) in [5, 5.41) is 26.4. The number of aryl methyl sites for hydroxylation is 1.